The molecule has 3 heteroatoms. The first-order valence-electron chi connectivity index (χ1n) is 5.01. The van der Waals surface area contributed by atoms with E-state index in [1.54, 1.807) is 6.07 Å². The van der Waals surface area contributed by atoms with E-state index in [4.69, 9.17) is 10.2 Å². The van der Waals surface area contributed by atoms with Gasteiger partial charge in [-0.1, -0.05) is 12.1 Å². The Morgan fingerprint density at radius 2 is 2.20 bits per heavy atom. The predicted molar refractivity (Wildman–Crippen MR) is 58.3 cm³/mol. The van der Waals surface area contributed by atoms with Crippen molar-refractivity contribution in [2.45, 2.75) is 26.3 Å². The summed E-state index contributed by atoms with van der Waals surface area (Å²) in [6, 6.07) is 5.01. The largest absolute Gasteiger partial charge is 0.458 e. The highest BCUT2D eigenvalue weighted by Gasteiger charge is 2.14. The van der Waals surface area contributed by atoms with Crippen LogP contribution in [-0.4, -0.2) is 6.04 Å². The lowest BCUT2D eigenvalue weighted by molar-refractivity contribution is 0.533. The van der Waals surface area contributed by atoms with Crippen LogP contribution in [0.25, 0.3) is 11.0 Å². The van der Waals surface area contributed by atoms with Gasteiger partial charge in [0.1, 0.15) is 5.76 Å². The van der Waals surface area contributed by atoms with Crippen molar-refractivity contribution in [3.05, 3.63) is 35.3 Å². The maximum Gasteiger partial charge on any atom is 0.170 e. The van der Waals surface area contributed by atoms with Gasteiger partial charge in [-0.05, 0) is 26.3 Å². The van der Waals surface area contributed by atoms with Crippen molar-refractivity contribution in [2.75, 3.05) is 0 Å². The van der Waals surface area contributed by atoms with Crippen molar-refractivity contribution in [3.63, 3.8) is 0 Å². The topological polar surface area (TPSA) is 39.2 Å². The lowest BCUT2D eigenvalue weighted by Gasteiger charge is -2.03. The fraction of sp³-hybridized carbons (Fsp3) is 0.333. The highest BCUT2D eigenvalue weighted by molar-refractivity contribution is 5.82. The molecule has 0 saturated heterocycles. The molecule has 15 heavy (non-hydrogen) atoms. The third kappa shape index (κ3) is 1.75. The summed E-state index contributed by atoms with van der Waals surface area (Å²) in [7, 11) is 0. The van der Waals surface area contributed by atoms with Crippen LogP contribution in [-0.2, 0) is 6.42 Å². The quantitative estimate of drug-likeness (QED) is 0.822. The third-order valence-corrected chi connectivity index (χ3v) is 2.50. The van der Waals surface area contributed by atoms with Gasteiger partial charge in [-0.25, -0.2) is 4.39 Å². The molecule has 0 amide bonds. The molecule has 0 aliphatic heterocycles. The van der Waals surface area contributed by atoms with Crippen LogP contribution in [0.15, 0.2) is 22.6 Å². The number of para-hydroxylation sites is 1. The van der Waals surface area contributed by atoms with Gasteiger partial charge in [0.15, 0.2) is 11.4 Å². The summed E-state index contributed by atoms with van der Waals surface area (Å²) >= 11 is 0. The van der Waals surface area contributed by atoms with Crippen molar-refractivity contribution in [2.24, 2.45) is 5.73 Å². The molecule has 0 aliphatic carbocycles. The summed E-state index contributed by atoms with van der Waals surface area (Å²) in [5, 5.41) is 0.838. The molecule has 1 aromatic carbocycles. The van der Waals surface area contributed by atoms with Crippen LogP contribution in [0.5, 0.6) is 0 Å². The Balaban J connectivity index is 2.63. The molecule has 2 nitrogen and oxygen atoms in total. The molecule has 2 aromatic rings. The minimum atomic E-state index is -0.313. The minimum absolute atomic E-state index is 0.0489. The second-order valence-electron chi connectivity index (χ2n) is 3.93. The van der Waals surface area contributed by atoms with Crippen LogP contribution < -0.4 is 5.73 Å². The van der Waals surface area contributed by atoms with E-state index >= 15 is 0 Å². The molecule has 0 saturated carbocycles. The molecule has 0 fully saturated rings. The molecule has 1 heterocycles. The van der Waals surface area contributed by atoms with Crippen LogP contribution in [0.2, 0.25) is 0 Å². The zero-order valence-corrected chi connectivity index (χ0v) is 8.88. The summed E-state index contributed by atoms with van der Waals surface area (Å²) in [4.78, 5) is 0. The molecule has 2 N–H and O–H groups in total. The summed E-state index contributed by atoms with van der Waals surface area (Å²) in [5.74, 6) is 0.443. The van der Waals surface area contributed by atoms with Crippen molar-refractivity contribution in [1.29, 1.82) is 0 Å². The molecule has 0 aliphatic rings. The monoisotopic (exact) mass is 207 g/mol. The van der Waals surface area contributed by atoms with Crippen molar-refractivity contribution in [3.8, 4) is 0 Å². The first-order valence-corrected chi connectivity index (χ1v) is 5.01. The number of rotatable bonds is 2. The maximum absolute atomic E-state index is 13.4. The Bertz CT molecular complexity index is 488. The van der Waals surface area contributed by atoms with Crippen molar-refractivity contribution < 1.29 is 8.81 Å². The number of nitrogens with two attached hydrogens (primary N) is 1. The summed E-state index contributed by atoms with van der Waals surface area (Å²) < 4.78 is 18.8. The predicted octanol–water partition coefficient (Wildman–Crippen LogP) is 2.77. The highest BCUT2D eigenvalue weighted by Crippen LogP contribution is 2.28. The molecule has 1 unspecified atom stereocenters. The summed E-state index contributed by atoms with van der Waals surface area (Å²) in [6.07, 6.45) is 0.711. The summed E-state index contributed by atoms with van der Waals surface area (Å²) in [5.41, 5.74) is 7.10. The molecule has 80 valence electrons. The smallest absolute Gasteiger partial charge is 0.170 e. The number of aryl methyl sites for hydroxylation is 1. The fourth-order valence-electron chi connectivity index (χ4n) is 1.83. The molecular formula is C12H14FNO. The van der Waals surface area contributed by atoms with Gasteiger partial charge in [0.05, 0.1) is 0 Å². The second-order valence-corrected chi connectivity index (χ2v) is 3.93. The number of benzene rings is 1. The molecule has 0 bridgehead atoms. The van der Waals surface area contributed by atoms with Gasteiger partial charge in [-0.2, -0.15) is 0 Å². The zero-order valence-electron chi connectivity index (χ0n) is 8.88. The Labute approximate surface area is 87.9 Å². The number of halogens is 1. The van der Waals surface area contributed by atoms with E-state index < -0.39 is 0 Å². The maximum atomic E-state index is 13.4. The van der Waals surface area contributed by atoms with Crippen LogP contribution in [0.1, 0.15) is 18.2 Å². The molecule has 0 spiro atoms. The lowest BCUT2D eigenvalue weighted by atomic mass is 10.0. The van der Waals surface area contributed by atoms with E-state index in [-0.39, 0.29) is 11.9 Å². The Morgan fingerprint density at radius 3 is 2.87 bits per heavy atom. The number of hydrogen-bond donors (Lipinski definition) is 1. The Hall–Kier alpha value is -1.35. The van der Waals surface area contributed by atoms with E-state index in [1.807, 2.05) is 19.9 Å². The standard InChI is InChI=1S/C12H14FNO/c1-7(14)6-10-8(2)15-12-9(10)4-3-5-11(12)13/h3-5,7H,6,14H2,1-2H3. The van der Waals surface area contributed by atoms with Crippen LogP contribution in [0.4, 0.5) is 4.39 Å². The number of fused-ring (bicyclic) bond motifs is 1. The lowest BCUT2D eigenvalue weighted by Crippen LogP contribution is -2.17. The van der Waals surface area contributed by atoms with Gasteiger partial charge in [-0.3, -0.25) is 0 Å². The van der Waals surface area contributed by atoms with Gasteiger partial charge < -0.3 is 10.2 Å². The highest BCUT2D eigenvalue weighted by atomic mass is 19.1. The molecular weight excluding hydrogens is 193 g/mol. The van der Waals surface area contributed by atoms with Crippen LogP contribution in [0, 0.1) is 12.7 Å². The second kappa shape index (κ2) is 3.66. The third-order valence-electron chi connectivity index (χ3n) is 2.50. The van der Waals surface area contributed by atoms with E-state index in [9.17, 15) is 4.39 Å². The average Bonchev–Trinajstić information content (AvgIpc) is 2.45. The first-order chi connectivity index (χ1) is 7.09. The number of hydrogen-bond acceptors (Lipinski definition) is 2. The first kappa shape index (κ1) is 10.2. The van der Waals surface area contributed by atoms with Gasteiger partial charge in [0.2, 0.25) is 0 Å². The molecule has 1 atom stereocenters. The molecule has 2 rings (SSSR count). The van der Waals surface area contributed by atoms with Gasteiger partial charge in [-0.15, -0.1) is 0 Å². The van der Waals surface area contributed by atoms with Crippen LogP contribution >= 0.6 is 0 Å². The molecule has 1 aromatic heterocycles. The van der Waals surface area contributed by atoms with E-state index in [2.05, 4.69) is 0 Å². The SMILES string of the molecule is Cc1oc2c(F)cccc2c1CC(C)N. The Morgan fingerprint density at radius 1 is 1.47 bits per heavy atom. The van der Waals surface area contributed by atoms with Gasteiger partial charge in [0, 0.05) is 17.0 Å². The van der Waals surface area contributed by atoms with Crippen molar-refractivity contribution in [1.82, 2.24) is 0 Å². The number of furan rings is 1. The van der Waals surface area contributed by atoms with E-state index in [1.165, 1.54) is 6.07 Å². The van der Waals surface area contributed by atoms with E-state index in [0.717, 1.165) is 16.7 Å². The fourth-order valence-corrected chi connectivity index (χ4v) is 1.83. The van der Waals surface area contributed by atoms with Gasteiger partial charge in [0.25, 0.3) is 0 Å². The summed E-state index contributed by atoms with van der Waals surface area (Å²) in [6.45, 7) is 3.77. The van der Waals surface area contributed by atoms with Crippen LogP contribution in [0.3, 0.4) is 0 Å². The Kier molecular flexibility index (Phi) is 2.49. The van der Waals surface area contributed by atoms with E-state index in [0.29, 0.717) is 12.0 Å². The van der Waals surface area contributed by atoms with Gasteiger partial charge >= 0.3 is 0 Å². The normalized spacial score (nSPS) is 13.3. The minimum Gasteiger partial charge on any atom is -0.458 e. The average molecular weight is 207 g/mol. The van der Waals surface area contributed by atoms with Crippen molar-refractivity contribution >= 4 is 11.0 Å². The molecule has 0 radical (unpaired) electrons. The zero-order chi connectivity index (χ0) is 11.0.